The highest BCUT2D eigenvalue weighted by Gasteiger charge is 2.60. The van der Waals surface area contributed by atoms with Gasteiger partial charge < -0.3 is 0 Å². The van der Waals surface area contributed by atoms with Crippen LogP contribution in [0.4, 0.5) is 8.78 Å². The number of carbonyl (C=O) groups is 1. The first-order valence-electron chi connectivity index (χ1n) is 3.59. The predicted octanol–water partition coefficient (Wildman–Crippen LogP) is 2.80. The van der Waals surface area contributed by atoms with E-state index in [0.29, 0.717) is 0 Å². The van der Waals surface area contributed by atoms with Crippen LogP contribution in [-0.2, 0) is 4.79 Å². The Bertz CT molecular complexity index is 243. The first kappa shape index (κ1) is 9.65. The van der Waals surface area contributed by atoms with E-state index in [4.69, 9.17) is 11.6 Å². The van der Waals surface area contributed by atoms with E-state index in [1.54, 1.807) is 13.8 Å². The van der Waals surface area contributed by atoms with Crippen molar-refractivity contribution >= 4 is 16.8 Å². The van der Waals surface area contributed by atoms with Crippen LogP contribution in [0.25, 0.3) is 0 Å². The zero-order valence-electron chi connectivity index (χ0n) is 6.77. The largest absolute Gasteiger partial charge is 0.281 e. The molecule has 1 aliphatic carbocycles. The molecule has 2 atom stereocenters. The monoisotopic (exact) mass is 194 g/mol. The zero-order chi connectivity index (χ0) is 9.52. The number of hydrogen-bond acceptors (Lipinski definition) is 1. The molecule has 0 bridgehead atoms. The molecule has 0 radical (unpaired) electrons. The van der Waals surface area contributed by atoms with Crippen molar-refractivity contribution in [3.05, 3.63) is 12.2 Å². The van der Waals surface area contributed by atoms with Crippen molar-refractivity contribution in [1.29, 1.82) is 0 Å². The molecule has 0 N–H and O–H groups in total. The topological polar surface area (TPSA) is 17.1 Å². The molecule has 68 valence electrons. The molecule has 12 heavy (non-hydrogen) atoms. The van der Waals surface area contributed by atoms with Crippen molar-refractivity contribution in [2.75, 3.05) is 0 Å². The summed E-state index contributed by atoms with van der Waals surface area (Å²) in [7, 11) is 0. The van der Waals surface area contributed by atoms with Gasteiger partial charge in [-0.3, -0.25) is 4.79 Å². The second-order valence-electron chi connectivity index (χ2n) is 3.59. The van der Waals surface area contributed by atoms with Crippen LogP contribution in [0.2, 0.25) is 0 Å². The third-order valence-corrected chi connectivity index (χ3v) is 2.70. The summed E-state index contributed by atoms with van der Waals surface area (Å²) >= 11 is 5.22. The summed E-state index contributed by atoms with van der Waals surface area (Å²) in [4.78, 5) is 10.7. The van der Waals surface area contributed by atoms with Crippen LogP contribution in [0.3, 0.4) is 0 Å². The van der Waals surface area contributed by atoms with E-state index < -0.39 is 28.6 Å². The Balaban J connectivity index is 2.73. The van der Waals surface area contributed by atoms with Gasteiger partial charge in [-0.15, -0.1) is 0 Å². The maximum absolute atomic E-state index is 11.8. The van der Waals surface area contributed by atoms with Gasteiger partial charge in [-0.05, 0) is 29.0 Å². The Morgan fingerprint density at radius 1 is 1.50 bits per heavy atom. The van der Waals surface area contributed by atoms with Gasteiger partial charge in [0, 0.05) is 5.92 Å². The Kier molecular flexibility index (Phi) is 2.25. The molecule has 0 aromatic heterocycles. The maximum atomic E-state index is 11.8. The van der Waals surface area contributed by atoms with Crippen molar-refractivity contribution in [2.45, 2.75) is 13.8 Å². The predicted molar refractivity (Wildman–Crippen MR) is 41.9 cm³/mol. The lowest BCUT2D eigenvalue weighted by Crippen LogP contribution is -1.96. The van der Waals surface area contributed by atoms with Crippen LogP contribution >= 0.6 is 11.6 Å². The van der Waals surface area contributed by atoms with Crippen LogP contribution in [0.15, 0.2) is 12.2 Å². The van der Waals surface area contributed by atoms with Gasteiger partial charge in [-0.1, -0.05) is 13.8 Å². The molecular formula is C8H9ClF2O. The number of hydrogen-bond donors (Lipinski definition) is 0. The molecule has 1 saturated carbocycles. The first-order valence-corrected chi connectivity index (χ1v) is 3.97. The van der Waals surface area contributed by atoms with Crippen molar-refractivity contribution < 1.29 is 13.6 Å². The molecule has 1 unspecified atom stereocenters. The van der Waals surface area contributed by atoms with Crippen molar-refractivity contribution in [1.82, 2.24) is 0 Å². The average molecular weight is 195 g/mol. The standard InChI is InChI=1S/C8H9ClF2O/c1-8(2)4(3-5(10)11)6(8)7(9)12/h3-4,6H,1-2H3/t4?,6-/m0/s1. The molecule has 0 amide bonds. The van der Waals surface area contributed by atoms with E-state index in [1.807, 2.05) is 0 Å². The third-order valence-electron chi connectivity index (χ3n) is 2.46. The van der Waals surface area contributed by atoms with Gasteiger partial charge in [0.2, 0.25) is 5.24 Å². The summed E-state index contributed by atoms with van der Waals surface area (Å²) in [6, 6.07) is 0. The quantitative estimate of drug-likeness (QED) is 0.618. The van der Waals surface area contributed by atoms with E-state index in [1.165, 1.54) is 0 Å². The van der Waals surface area contributed by atoms with Gasteiger partial charge in [0.25, 0.3) is 6.08 Å². The lowest BCUT2D eigenvalue weighted by Gasteiger charge is -1.95. The fourth-order valence-corrected chi connectivity index (χ4v) is 1.97. The molecular weight excluding hydrogens is 186 g/mol. The number of halogens is 3. The Morgan fingerprint density at radius 2 is 2.00 bits per heavy atom. The molecule has 0 aromatic carbocycles. The molecule has 0 aliphatic heterocycles. The summed E-state index contributed by atoms with van der Waals surface area (Å²) < 4.78 is 23.6. The minimum absolute atomic E-state index is 0.396. The second kappa shape index (κ2) is 2.80. The smallest absolute Gasteiger partial charge is 0.266 e. The Hall–Kier alpha value is -0.440. The summed E-state index contributed by atoms with van der Waals surface area (Å²) in [5, 5.41) is -0.525. The average Bonchev–Trinajstić information content (AvgIpc) is 2.32. The lowest BCUT2D eigenvalue weighted by atomic mass is 10.1. The van der Waals surface area contributed by atoms with Gasteiger partial charge in [0.1, 0.15) is 0 Å². The van der Waals surface area contributed by atoms with Crippen LogP contribution in [-0.4, -0.2) is 5.24 Å². The van der Waals surface area contributed by atoms with Gasteiger partial charge in [-0.25, -0.2) is 0 Å². The molecule has 1 fully saturated rings. The highest BCUT2D eigenvalue weighted by atomic mass is 35.5. The van der Waals surface area contributed by atoms with Crippen molar-refractivity contribution in [3.8, 4) is 0 Å². The number of carbonyl (C=O) groups excluding carboxylic acids is 1. The van der Waals surface area contributed by atoms with Crippen LogP contribution in [0.1, 0.15) is 13.8 Å². The van der Waals surface area contributed by atoms with E-state index in [-0.39, 0.29) is 0 Å². The van der Waals surface area contributed by atoms with Crippen LogP contribution in [0.5, 0.6) is 0 Å². The van der Waals surface area contributed by atoms with E-state index >= 15 is 0 Å². The lowest BCUT2D eigenvalue weighted by molar-refractivity contribution is -0.113. The van der Waals surface area contributed by atoms with Gasteiger partial charge in [0.15, 0.2) is 0 Å². The van der Waals surface area contributed by atoms with Crippen LogP contribution < -0.4 is 0 Å². The fourth-order valence-electron chi connectivity index (χ4n) is 1.56. The highest BCUT2D eigenvalue weighted by Crippen LogP contribution is 2.60. The minimum Gasteiger partial charge on any atom is -0.281 e. The normalized spacial score (nSPS) is 31.1. The van der Waals surface area contributed by atoms with Gasteiger partial charge in [-0.2, -0.15) is 8.78 Å². The minimum atomic E-state index is -1.74. The van der Waals surface area contributed by atoms with Gasteiger partial charge in [0.05, 0.1) is 0 Å². The van der Waals surface area contributed by atoms with E-state index in [9.17, 15) is 13.6 Å². The second-order valence-corrected chi connectivity index (χ2v) is 3.96. The molecule has 0 heterocycles. The van der Waals surface area contributed by atoms with Crippen molar-refractivity contribution in [3.63, 3.8) is 0 Å². The molecule has 1 aliphatic rings. The molecule has 0 aromatic rings. The number of rotatable bonds is 2. The number of allylic oxidation sites excluding steroid dienone is 1. The third kappa shape index (κ3) is 1.51. The molecule has 0 saturated heterocycles. The van der Waals surface area contributed by atoms with E-state index in [0.717, 1.165) is 6.08 Å². The highest BCUT2D eigenvalue weighted by molar-refractivity contribution is 6.64. The summed E-state index contributed by atoms with van der Waals surface area (Å²) in [5.41, 5.74) is -0.401. The SMILES string of the molecule is CC1(C)C(C=C(F)F)[C@H]1C(=O)Cl. The summed E-state index contributed by atoms with van der Waals surface area (Å²) in [6.45, 7) is 3.50. The molecule has 4 heteroatoms. The maximum Gasteiger partial charge on any atom is 0.266 e. The van der Waals surface area contributed by atoms with Crippen LogP contribution in [0, 0.1) is 17.3 Å². The first-order chi connectivity index (χ1) is 5.37. The molecule has 1 nitrogen and oxygen atoms in total. The molecule has 1 rings (SSSR count). The van der Waals surface area contributed by atoms with Crippen molar-refractivity contribution in [2.24, 2.45) is 17.3 Å². The van der Waals surface area contributed by atoms with E-state index in [2.05, 4.69) is 0 Å². The summed E-state index contributed by atoms with van der Waals surface area (Å²) in [5.74, 6) is -0.840. The zero-order valence-corrected chi connectivity index (χ0v) is 7.53. The summed E-state index contributed by atoms with van der Waals surface area (Å²) in [6.07, 6.45) is -0.932. The fraction of sp³-hybridized carbons (Fsp3) is 0.625. The Morgan fingerprint density at radius 3 is 2.25 bits per heavy atom. The van der Waals surface area contributed by atoms with Gasteiger partial charge >= 0.3 is 0 Å². The Labute approximate surface area is 74.4 Å². The molecule has 0 spiro atoms.